The van der Waals surface area contributed by atoms with Gasteiger partial charge in [0.1, 0.15) is 5.69 Å². The highest BCUT2D eigenvalue weighted by Crippen LogP contribution is 2.05. The summed E-state index contributed by atoms with van der Waals surface area (Å²) in [6, 6.07) is 7.18. The van der Waals surface area contributed by atoms with Gasteiger partial charge >= 0.3 is 5.69 Å². The number of H-pyrrole nitrogens is 2. The maximum atomic E-state index is 11.6. The van der Waals surface area contributed by atoms with Crippen molar-refractivity contribution in [1.29, 1.82) is 0 Å². The number of carbonyl (C=O) groups is 1. The zero-order valence-electron chi connectivity index (χ0n) is 8.99. The molecule has 0 fully saturated rings. The molecule has 17 heavy (non-hydrogen) atoms. The van der Waals surface area contributed by atoms with Gasteiger partial charge in [0.15, 0.2) is 0 Å². The van der Waals surface area contributed by atoms with Gasteiger partial charge in [0.2, 0.25) is 0 Å². The first-order valence-corrected chi connectivity index (χ1v) is 5.05. The summed E-state index contributed by atoms with van der Waals surface area (Å²) in [4.78, 5) is 27.1. The molecule has 0 unspecified atom stereocenters. The molecule has 1 aromatic carbocycles. The molecular weight excluding hydrogens is 220 g/mol. The first-order valence-electron chi connectivity index (χ1n) is 5.05. The Morgan fingerprint density at radius 3 is 2.59 bits per heavy atom. The van der Waals surface area contributed by atoms with Crippen LogP contribution >= 0.6 is 0 Å². The van der Waals surface area contributed by atoms with Crippen LogP contribution < -0.4 is 16.7 Å². The molecule has 88 valence electrons. The van der Waals surface area contributed by atoms with Crippen molar-refractivity contribution >= 4 is 11.6 Å². The number of benzene rings is 1. The minimum absolute atomic E-state index is 0.213. The van der Waals surface area contributed by atoms with Crippen molar-refractivity contribution < 1.29 is 4.79 Å². The molecule has 0 aliphatic carbocycles. The Morgan fingerprint density at radius 1 is 1.29 bits per heavy atom. The zero-order valence-corrected chi connectivity index (χ0v) is 8.99. The van der Waals surface area contributed by atoms with Crippen molar-refractivity contribution in [3.05, 3.63) is 52.2 Å². The third-order valence-electron chi connectivity index (χ3n) is 2.27. The molecule has 1 aromatic heterocycles. The van der Waals surface area contributed by atoms with Gasteiger partial charge in [-0.05, 0) is 17.7 Å². The van der Waals surface area contributed by atoms with Crippen LogP contribution in [-0.4, -0.2) is 15.9 Å². The molecule has 0 saturated heterocycles. The molecule has 2 rings (SSSR count). The Labute approximate surface area is 96.9 Å². The van der Waals surface area contributed by atoms with Crippen LogP contribution in [0.25, 0.3) is 0 Å². The number of aromatic nitrogens is 2. The van der Waals surface area contributed by atoms with E-state index in [0.717, 1.165) is 5.56 Å². The van der Waals surface area contributed by atoms with E-state index < -0.39 is 5.69 Å². The van der Waals surface area contributed by atoms with Crippen LogP contribution in [0.1, 0.15) is 16.1 Å². The van der Waals surface area contributed by atoms with Gasteiger partial charge in [-0.1, -0.05) is 12.1 Å². The fourth-order valence-corrected chi connectivity index (χ4v) is 1.37. The minimum atomic E-state index is -0.400. The monoisotopic (exact) mass is 232 g/mol. The van der Waals surface area contributed by atoms with Crippen LogP contribution in [0, 0.1) is 0 Å². The fourth-order valence-electron chi connectivity index (χ4n) is 1.37. The number of nitrogens with one attached hydrogen (secondary N) is 3. The van der Waals surface area contributed by atoms with Gasteiger partial charge in [0.05, 0.1) is 0 Å². The highest BCUT2D eigenvalue weighted by molar-refractivity contribution is 5.91. The first kappa shape index (κ1) is 11.0. The largest absolute Gasteiger partial charge is 0.399 e. The van der Waals surface area contributed by atoms with Crippen molar-refractivity contribution in [2.24, 2.45) is 0 Å². The SMILES string of the molecule is Nc1ccc(CNC(=O)c2c[nH]c(=O)[nH]2)cc1. The molecule has 1 heterocycles. The van der Waals surface area contributed by atoms with E-state index in [1.54, 1.807) is 12.1 Å². The van der Waals surface area contributed by atoms with E-state index in [4.69, 9.17) is 5.73 Å². The number of nitrogen functional groups attached to an aromatic ring is 1. The van der Waals surface area contributed by atoms with Crippen LogP contribution in [0.15, 0.2) is 35.3 Å². The summed E-state index contributed by atoms with van der Waals surface area (Å²) in [6.07, 6.45) is 1.33. The van der Waals surface area contributed by atoms with E-state index in [2.05, 4.69) is 15.3 Å². The lowest BCUT2D eigenvalue weighted by Crippen LogP contribution is -2.23. The molecule has 0 saturated carbocycles. The summed E-state index contributed by atoms with van der Waals surface area (Å²) in [5, 5.41) is 2.68. The summed E-state index contributed by atoms with van der Waals surface area (Å²) < 4.78 is 0. The Balaban J connectivity index is 1.96. The quantitative estimate of drug-likeness (QED) is 0.569. The predicted molar refractivity (Wildman–Crippen MR) is 63.4 cm³/mol. The number of nitrogens with two attached hydrogens (primary N) is 1. The summed E-state index contributed by atoms with van der Waals surface area (Å²) >= 11 is 0. The molecular formula is C11H12N4O2. The Hall–Kier alpha value is -2.50. The van der Waals surface area contributed by atoms with E-state index in [1.807, 2.05) is 12.1 Å². The molecule has 2 aromatic rings. The molecule has 1 amide bonds. The molecule has 6 nitrogen and oxygen atoms in total. The summed E-state index contributed by atoms with van der Waals surface area (Å²) in [6.45, 7) is 0.381. The standard InChI is InChI=1S/C11H12N4O2/c12-8-3-1-7(2-4-8)5-13-10(16)9-6-14-11(17)15-9/h1-4,6H,5,12H2,(H,13,16)(H2,14,15,17). The third kappa shape index (κ3) is 2.75. The number of carbonyl (C=O) groups excluding carboxylic acids is 1. The van der Waals surface area contributed by atoms with E-state index in [-0.39, 0.29) is 11.6 Å². The van der Waals surface area contributed by atoms with Crippen molar-refractivity contribution in [1.82, 2.24) is 15.3 Å². The van der Waals surface area contributed by atoms with Crippen LogP contribution in [0.4, 0.5) is 5.69 Å². The number of hydrogen-bond donors (Lipinski definition) is 4. The Morgan fingerprint density at radius 2 is 2.00 bits per heavy atom. The van der Waals surface area contributed by atoms with Gasteiger partial charge in [-0.15, -0.1) is 0 Å². The van der Waals surface area contributed by atoms with Crippen molar-refractivity contribution in [2.45, 2.75) is 6.54 Å². The van der Waals surface area contributed by atoms with Crippen LogP contribution in [0.5, 0.6) is 0 Å². The zero-order chi connectivity index (χ0) is 12.3. The van der Waals surface area contributed by atoms with Gasteiger partial charge in [0.25, 0.3) is 5.91 Å². The molecule has 5 N–H and O–H groups in total. The maximum absolute atomic E-state index is 11.6. The second-order valence-electron chi connectivity index (χ2n) is 3.58. The van der Waals surface area contributed by atoms with Crippen LogP contribution in [0.2, 0.25) is 0 Å². The van der Waals surface area contributed by atoms with E-state index in [0.29, 0.717) is 12.2 Å². The van der Waals surface area contributed by atoms with Crippen molar-refractivity contribution in [3.63, 3.8) is 0 Å². The van der Waals surface area contributed by atoms with Gasteiger partial charge in [-0.2, -0.15) is 0 Å². The number of amides is 1. The van der Waals surface area contributed by atoms with Crippen LogP contribution in [-0.2, 0) is 6.54 Å². The number of hydrogen-bond acceptors (Lipinski definition) is 3. The number of imidazole rings is 1. The average molecular weight is 232 g/mol. The Bertz CT molecular complexity index is 568. The number of anilines is 1. The average Bonchev–Trinajstić information content (AvgIpc) is 2.75. The van der Waals surface area contributed by atoms with Crippen molar-refractivity contribution in [3.8, 4) is 0 Å². The van der Waals surface area contributed by atoms with Crippen LogP contribution in [0.3, 0.4) is 0 Å². The van der Waals surface area contributed by atoms with E-state index in [9.17, 15) is 9.59 Å². The molecule has 6 heteroatoms. The summed E-state index contributed by atoms with van der Waals surface area (Å²) in [5.41, 5.74) is 6.97. The topological polar surface area (TPSA) is 104 Å². The molecule has 0 bridgehead atoms. The number of rotatable bonds is 3. The van der Waals surface area contributed by atoms with Crippen molar-refractivity contribution in [2.75, 3.05) is 5.73 Å². The van der Waals surface area contributed by atoms with E-state index >= 15 is 0 Å². The predicted octanol–water partition coefficient (Wildman–Crippen LogP) is 0.215. The first-order chi connectivity index (χ1) is 8.15. The molecule has 0 spiro atoms. The molecule has 0 atom stereocenters. The summed E-state index contributed by atoms with van der Waals surface area (Å²) in [7, 11) is 0. The molecule has 0 radical (unpaired) electrons. The Kier molecular flexibility index (Phi) is 2.95. The second kappa shape index (κ2) is 4.56. The highest BCUT2D eigenvalue weighted by Gasteiger charge is 2.06. The fraction of sp³-hybridized carbons (Fsp3) is 0.0909. The molecule has 0 aliphatic rings. The lowest BCUT2D eigenvalue weighted by molar-refractivity contribution is 0.0946. The normalized spacial score (nSPS) is 10.1. The highest BCUT2D eigenvalue weighted by atomic mass is 16.2. The molecule has 0 aliphatic heterocycles. The second-order valence-corrected chi connectivity index (χ2v) is 3.58. The third-order valence-corrected chi connectivity index (χ3v) is 2.27. The smallest absolute Gasteiger partial charge is 0.323 e. The lowest BCUT2D eigenvalue weighted by Gasteiger charge is -2.03. The van der Waals surface area contributed by atoms with Gasteiger partial charge < -0.3 is 21.0 Å². The van der Waals surface area contributed by atoms with Gasteiger partial charge in [-0.25, -0.2) is 4.79 Å². The van der Waals surface area contributed by atoms with Gasteiger partial charge in [0, 0.05) is 18.4 Å². The van der Waals surface area contributed by atoms with Gasteiger partial charge in [-0.3, -0.25) is 4.79 Å². The minimum Gasteiger partial charge on any atom is -0.399 e. The lowest BCUT2D eigenvalue weighted by atomic mass is 10.2. The summed E-state index contributed by atoms with van der Waals surface area (Å²) in [5.74, 6) is -0.333. The maximum Gasteiger partial charge on any atom is 0.323 e. The number of aromatic amines is 2. The van der Waals surface area contributed by atoms with E-state index in [1.165, 1.54) is 6.20 Å².